The maximum atomic E-state index is 5.66. The van der Waals surface area contributed by atoms with E-state index in [1.807, 2.05) is 31.2 Å². The van der Waals surface area contributed by atoms with E-state index in [0.717, 1.165) is 49.2 Å². The Hall–Kier alpha value is -3.49. The Labute approximate surface area is 188 Å². The van der Waals surface area contributed by atoms with Gasteiger partial charge < -0.3 is 24.5 Å². The molecule has 0 fully saturated rings. The molecule has 0 bridgehead atoms. The summed E-state index contributed by atoms with van der Waals surface area (Å²) in [4.78, 5) is 9.13. The molecular weight excluding hydrogens is 408 g/mol. The third kappa shape index (κ3) is 6.76. The number of rotatable bonds is 12. The molecule has 0 saturated carbocycles. The molecule has 0 spiro atoms. The number of methoxy groups -OCH3 is 1. The van der Waals surface area contributed by atoms with Crippen molar-refractivity contribution in [3.63, 3.8) is 0 Å². The van der Waals surface area contributed by atoms with E-state index in [0.29, 0.717) is 31.2 Å². The highest BCUT2D eigenvalue weighted by molar-refractivity contribution is 5.79. The first kappa shape index (κ1) is 23.2. The Morgan fingerprint density at radius 3 is 2.81 bits per heavy atom. The fourth-order valence-electron chi connectivity index (χ4n) is 3.18. The minimum absolute atomic E-state index is 0.566. The van der Waals surface area contributed by atoms with Gasteiger partial charge in [-0.3, -0.25) is 10.1 Å². The molecule has 0 radical (unpaired) electrons. The first-order chi connectivity index (χ1) is 15.7. The van der Waals surface area contributed by atoms with Gasteiger partial charge in [-0.1, -0.05) is 6.07 Å². The van der Waals surface area contributed by atoms with Crippen molar-refractivity contribution in [2.24, 2.45) is 4.99 Å². The largest absolute Gasteiger partial charge is 0.493 e. The summed E-state index contributed by atoms with van der Waals surface area (Å²) in [5.74, 6) is 4.36. The number of benzene rings is 1. The Balaban J connectivity index is 1.45. The van der Waals surface area contributed by atoms with Gasteiger partial charge in [-0.2, -0.15) is 5.10 Å². The maximum Gasteiger partial charge on any atom is 0.216 e. The summed E-state index contributed by atoms with van der Waals surface area (Å²) in [5, 5.41) is 13.8. The highest BCUT2D eigenvalue weighted by Crippen LogP contribution is 2.28. The van der Waals surface area contributed by atoms with Gasteiger partial charge >= 0.3 is 0 Å². The monoisotopic (exact) mass is 440 g/mol. The summed E-state index contributed by atoms with van der Waals surface area (Å²) in [6, 6.07) is 9.73. The number of nitrogens with zero attached hydrogens (tertiary/aromatic N) is 3. The minimum Gasteiger partial charge on any atom is -0.493 e. The Morgan fingerprint density at radius 1 is 1.16 bits per heavy atom. The lowest BCUT2D eigenvalue weighted by molar-refractivity contribution is 0.310. The number of nitrogens with one attached hydrogen (secondary N) is 3. The molecule has 0 atom stereocenters. The molecule has 32 heavy (non-hydrogen) atoms. The van der Waals surface area contributed by atoms with E-state index in [9.17, 15) is 0 Å². The summed E-state index contributed by atoms with van der Waals surface area (Å²) >= 11 is 0. The number of hydrogen-bond acceptors (Lipinski definition) is 6. The molecule has 0 amide bonds. The number of guanidine groups is 1. The standard InChI is InChI=1S/C23H32N6O3/c1-4-24-23(26-14-12-21-27-22(29-28-21)19-9-7-15-32-19)25-13-6-8-17-10-11-18(30-3)20(16-17)31-5-2/h7,9-11,15-16H,4-6,8,12-14H2,1-3H3,(H2,24,25,26)(H,27,28,29). The second-order valence-electron chi connectivity index (χ2n) is 7.04. The van der Waals surface area contributed by atoms with Crippen molar-refractivity contribution in [1.82, 2.24) is 25.8 Å². The molecule has 2 aromatic heterocycles. The number of ether oxygens (including phenoxy) is 2. The average molecular weight is 441 g/mol. The number of aromatic nitrogens is 3. The van der Waals surface area contributed by atoms with E-state index < -0.39 is 0 Å². The molecule has 9 nitrogen and oxygen atoms in total. The average Bonchev–Trinajstić information content (AvgIpc) is 3.49. The van der Waals surface area contributed by atoms with Gasteiger partial charge in [0.05, 0.1) is 20.0 Å². The lowest BCUT2D eigenvalue weighted by Crippen LogP contribution is -2.38. The molecule has 0 saturated heterocycles. The second-order valence-corrected chi connectivity index (χ2v) is 7.04. The van der Waals surface area contributed by atoms with Crippen LogP contribution in [0.4, 0.5) is 0 Å². The topological polar surface area (TPSA) is 110 Å². The van der Waals surface area contributed by atoms with Crippen molar-refractivity contribution in [3.8, 4) is 23.1 Å². The normalized spacial score (nSPS) is 11.4. The predicted octanol–water partition coefficient (Wildman–Crippen LogP) is 3.20. The molecular formula is C23H32N6O3. The van der Waals surface area contributed by atoms with Gasteiger partial charge in [0.15, 0.2) is 23.2 Å². The quantitative estimate of drug-likeness (QED) is 0.225. The van der Waals surface area contributed by atoms with Crippen LogP contribution in [0.3, 0.4) is 0 Å². The van der Waals surface area contributed by atoms with Crippen LogP contribution in [0.5, 0.6) is 11.5 Å². The number of aliphatic imine (C=N–C) groups is 1. The first-order valence-electron chi connectivity index (χ1n) is 11.0. The van der Waals surface area contributed by atoms with E-state index in [1.165, 1.54) is 5.56 Å². The van der Waals surface area contributed by atoms with Crippen molar-refractivity contribution >= 4 is 5.96 Å². The van der Waals surface area contributed by atoms with Crippen LogP contribution in [-0.2, 0) is 12.8 Å². The van der Waals surface area contributed by atoms with Crippen LogP contribution in [0.25, 0.3) is 11.6 Å². The van der Waals surface area contributed by atoms with E-state index in [-0.39, 0.29) is 0 Å². The predicted molar refractivity (Wildman–Crippen MR) is 124 cm³/mol. The fourth-order valence-corrected chi connectivity index (χ4v) is 3.18. The van der Waals surface area contributed by atoms with Crippen molar-refractivity contribution in [1.29, 1.82) is 0 Å². The summed E-state index contributed by atoms with van der Waals surface area (Å²) in [7, 11) is 1.65. The van der Waals surface area contributed by atoms with Gasteiger partial charge in [0.25, 0.3) is 0 Å². The van der Waals surface area contributed by atoms with Crippen LogP contribution in [0, 0.1) is 0 Å². The molecule has 0 aliphatic carbocycles. The van der Waals surface area contributed by atoms with Gasteiger partial charge in [0.2, 0.25) is 5.82 Å². The maximum absolute atomic E-state index is 5.66. The van der Waals surface area contributed by atoms with Gasteiger partial charge in [-0.15, -0.1) is 0 Å². The number of furan rings is 1. The van der Waals surface area contributed by atoms with Crippen molar-refractivity contribution in [2.45, 2.75) is 33.1 Å². The lowest BCUT2D eigenvalue weighted by atomic mass is 10.1. The van der Waals surface area contributed by atoms with E-state index >= 15 is 0 Å². The summed E-state index contributed by atoms with van der Waals surface area (Å²) in [5.41, 5.74) is 1.21. The lowest BCUT2D eigenvalue weighted by Gasteiger charge is -2.12. The highest BCUT2D eigenvalue weighted by atomic mass is 16.5. The van der Waals surface area contributed by atoms with Crippen LogP contribution in [0.2, 0.25) is 0 Å². The third-order valence-corrected chi connectivity index (χ3v) is 4.69. The van der Waals surface area contributed by atoms with Crippen LogP contribution in [0.1, 0.15) is 31.7 Å². The van der Waals surface area contributed by atoms with Gasteiger partial charge in [0, 0.05) is 26.1 Å². The first-order valence-corrected chi connectivity index (χ1v) is 11.0. The van der Waals surface area contributed by atoms with Crippen molar-refractivity contribution < 1.29 is 13.9 Å². The van der Waals surface area contributed by atoms with Crippen molar-refractivity contribution in [3.05, 3.63) is 48.0 Å². The Kier molecular flexibility index (Phi) is 8.97. The Bertz CT molecular complexity index is 968. The molecule has 3 N–H and O–H groups in total. The number of hydrogen-bond donors (Lipinski definition) is 3. The molecule has 3 rings (SSSR count). The molecule has 0 unspecified atom stereocenters. The molecule has 172 valence electrons. The van der Waals surface area contributed by atoms with Crippen molar-refractivity contribution in [2.75, 3.05) is 33.4 Å². The smallest absolute Gasteiger partial charge is 0.216 e. The van der Waals surface area contributed by atoms with Gasteiger partial charge in [-0.05, 0) is 56.5 Å². The zero-order valence-electron chi connectivity index (χ0n) is 19.0. The number of aromatic amines is 1. The molecule has 0 aliphatic heterocycles. The van der Waals surface area contributed by atoms with Gasteiger partial charge in [-0.25, -0.2) is 4.98 Å². The SMILES string of the molecule is CCNC(=NCCCc1ccc(OC)c(OCC)c1)NCCc1nc(-c2ccco2)n[nH]1. The van der Waals surface area contributed by atoms with E-state index in [4.69, 9.17) is 13.9 Å². The molecule has 0 aliphatic rings. The van der Waals surface area contributed by atoms with Crippen LogP contribution >= 0.6 is 0 Å². The number of aryl methyl sites for hydroxylation is 1. The third-order valence-electron chi connectivity index (χ3n) is 4.69. The second kappa shape index (κ2) is 12.4. The minimum atomic E-state index is 0.566. The summed E-state index contributed by atoms with van der Waals surface area (Å²) in [6.45, 7) is 6.84. The van der Waals surface area contributed by atoms with E-state index in [2.05, 4.69) is 43.8 Å². The molecule has 2 heterocycles. The van der Waals surface area contributed by atoms with Crippen LogP contribution < -0.4 is 20.1 Å². The molecule has 1 aromatic carbocycles. The Morgan fingerprint density at radius 2 is 2.06 bits per heavy atom. The van der Waals surface area contributed by atoms with Crippen LogP contribution in [-0.4, -0.2) is 54.5 Å². The zero-order chi connectivity index (χ0) is 22.6. The van der Waals surface area contributed by atoms with Gasteiger partial charge in [0.1, 0.15) is 5.82 Å². The summed E-state index contributed by atoms with van der Waals surface area (Å²) < 4.78 is 16.3. The fraction of sp³-hybridized carbons (Fsp3) is 0.435. The van der Waals surface area contributed by atoms with Crippen LogP contribution in [0.15, 0.2) is 46.0 Å². The molecule has 9 heteroatoms. The highest BCUT2D eigenvalue weighted by Gasteiger charge is 2.08. The summed E-state index contributed by atoms with van der Waals surface area (Å²) in [6.07, 6.45) is 4.16. The zero-order valence-corrected chi connectivity index (χ0v) is 19.0. The number of H-pyrrole nitrogens is 1. The van der Waals surface area contributed by atoms with E-state index in [1.54, 1.807) is 13.4 Å². The molecule has 3 aromatic rings.